The third-order valence-corrected chi connectivity index (χ3v) is 7.95. The van der Waals surface area contributed by atoms with Crippen LogP contribution in [0.25, 0.3) is 0 Å². The fourth-order valence-electron chi connectivity index (χ4n) is 5.28. The summed E-state index contributed by atoms with van der Waals surface area (Å²) >= 11 is 0. The highest BCUT2D eigenvalue weighted by atomic mass is 19.3. The van der Waals surface area contributed by atoms with Gasteiger partial charge in [-0.15, -0.1) is 0 Å². The summed E-state index contributed by atoms with van der Waals surface area (Å²) in [6.45, 7) is 6.38. The number of halogens is 2. The van der Waals surface area contributed by atoms with E-state index in [9.17, 15) is 23.5 Å². The van der Waals surface area contributed by atoms with Gasteiger partial charge in [-0.2, -0.15) is 0 Å². The molecule has 1 atom stereocenters. The zero-order valence-electron chi connectivity index (χ0n) is 24.5. The van der Waals surface area contributed by atoms with Crippen molar-refractivity contribution in [3.8, 4) is 5.88 Å². The fourth-order valence-corrected chi connectivity index (χ4v) is 5.28. The van der Waals surface area contributed by atoms with Crippen LogP contribution in [0.3, 0.4) is 0 Å². The minimum Gasteiger partial charge on any atom is -0.480 e. The lowest BCUT2D eigenvalue weighted by atomic mass is 10.0. The standard InChI is InChI=1S/C20H25F2N3O4.C10H23N/c1-19(2)8-7-15(18(27)28)25(19)17(26)13-5-6-14(24-10-20(21,22)11-24)16(23-13)29-9-12-3-4-12;1-2-3-4-5-6-7-8-9-10-11/h5-6,12,15H,3-4,7-11H2,1-2H3,(H,27,28);2-11H2,1H3/t15-;/m0./s1. The summed E-state index contributed by atoms with van der Waals surface area (Å²) in [5.41, 5.74) is 5.27. The number of aliphatic carboxylic acids is 1. The average Bonchev–Trinajstić information content (AvgIpc) is 3.66. The van der Waals surface area contributed by atoms with Gasteiger partial charge in [0.1, 0.15) is 17.4 Å². The van der Waals surface area contributed by atoms with Crippen molar-refractivity contribution in [1.29, 1.82) is 0 Å². The maximum absolute atomic E-state index is 13.3. The summed E-state index contributed by atoms with van der Waals surface area (Å²) in [6, 6.07) is 2.12. The molecule has 10 heteroatoms. The number of likely N-dealkylation sites (tertiary alicyclic amines) is 1. The number of alkyl halides is 2. The van der Waals surface area contributed by atoms with Gasteiger partial charge in [-0.05, 0) is 70.5 Å². The van der Waals surface area contributed by atoms with E-state index in [2.05, 4.69) is 11.9 Å². The molecule has 2 aliphatic heterocycles. The van der Waals surface area contributed by atoms with Gasteiger partial charge in [-0.3, -0.25) is 4.79 Å². The Balaban J connectivity index is 0.000000342. The Morgan fingerprint density at radius 2 is 1.68 bits per heavy atom. The number of amides is 1. The molecule has 1 amide bonds. The Morgan fingerprint density at radius 3 is 2.23 bits per heavy atom. The fraction of sp³-hybridized carbons (Fsp3) is 0.767. The van der Waals surface area contributed by atoms with Gasteiger partial charge in [0.15, 0.2) is 0 Å². The highest BCUT2D eigenvalue weighted by molar-refractivity contribution is 5.96. The van der Waals surface area contributed by atoms with Crippen LogP contribution in [0.1, 0.15) is 108 Å². The van der Waals surface area contributed by atoms with Crippen molar-refractivity contribution in [2.75, 3.05) is 31.1 Å². The molecule has 8 nitrogen and oxygen atoms in total. The van der Waals surface area contributed by atoms with Crippen molar-refractivity contribution in [1.82, 2.24) is 9.88 Å². The molecular formula is C30H48F2N4O4. The Labute approximate surface area is 237 Å². The zero-order valence-corrected chi connectivity index (χ0v) is 24.5. The highest BCUT2D eigenvalue weighted by Crippen LogP contribution is 2.39. The van der Waals surface area contributed by atoms with E-state index in [0.29, 0.717) is 31.1 Å². The first kappa shape index (κ1) is 32.0. The van der Waals surface area contributed by atoms with Crippen LogP contribution in [0.2, 0.25) is 0 Å². The van der Waals surface area contributed by atoms with Crippen LogP contribution >= 0.6 is 0 Å². The van der Waals surface area contributed by atoms with Crippen molar-refractivity contribution in [2.45, 2.75) is 115 Å². The predicted molar refractivity (Wildman–Crippen MR) is 152 cm³/mol. The molecule has 2 saturated heterocycles. The number of carboxylic acids is 1. The van der Waals surface area contributed by atoms with Crippen LogP contribution in [-0.2, 0) is 4.79 Å². The Hall–Kier alpha value is -2.49. The summed E-state index contributed by atoms with van der Waals surface area (Å²) in [5, 5.41) is 9.51. The number of anilines is 1. The summed E-state index contributed by atoms with van der Waals surface area (Å²) in [7, 11) is 0. The Kier molecular flexibility index (Phi) is 11.5. The third-order valence-electron chi connectivity index (χ3n) is 7.95. The molecule has 3 heterocycles. The molecule has 3 fully saturated rings. The molecule has 0 radical (unpaired) electrons. The minimum absolute atomic E-state index is 0.0630. The van der Waals surface area contributed by atoms with Crippen LogP contribution in [0.4, 0.5) is 14.5 Å². The van der Waals surface area contributed by atoms with Gasteiger partial charge in [0.05, 0.1) is 19.7 Å². The van der Waals surface area contributed by atoms with E-state index in [-0.39, 0.29) is 11.6 Å². The van der Waals surface area contributed by atoms with E-state index in [4.69, 9.17) is 10.5 Å². The summed E-state index contributed by atoms with van der Waals surface area (Å²) < 4.78 is 32.4. The number of hydrogen-bond donors (Lipinski definition) is 2. The molecule has 1 aliphatic carbocycles. The Morgan fingerprint density at radius 1 is 1.05 bits per heavy atom. The lowest BCUT2D eigenvalue weighted by Crippen LogP contribution is -2.56. The Bertz CT molecular complexity index is 970. The first-order valence-electron chi connectivity index (χ1n) is 15.0. The number of pyridine rings is 1. The van der Waals surface area contributed by atoms with Crippen LogP contribution in [0.5, 0.6) is 5.88 Å². The maximum atomic E-state index is 13.3. The van der Waals surface area contributed by atoms with E-state index in [1.165, 1.54) is 67.2 Å². The molecule has 3 N–H and O–H groups in total. The highest BCUT2D eigenvalue weighted by Gasteiger charge is 2.47. The monoisotopic (exact) mass is 566 g/mol. The van der Waals surface area contributed by atoms with E-state index < -0.39 is 42.5 Å². The van der Waals surface area contributed by atoms with E-state index in [1.54, 1.807) is 6.07 Å². The lowest BCUT2D eigenvalue weighted by molar-refractivity contribution is -0.142. The van der Waals surface area contributed by atoms with E-state index in [1.807, 2.05) is 13.8 Å². The number of carbonyl (C=O) groups is 2. The number of unbranched alkanes of at least 4 members (excludes halogenated alkanes) is 7. The first-order chi connectivity index (χ1) is 19.0. The van der Waals surface area contributed by atoms with E-state index in [0.717, 1.165) is 19.4 Å². The van der Waals surface area contributed by atoms with Gasteiger partial charge in [-0.25, -0.2) is 18.6 Å². The second-order valence-electron chi connectivity index (χ2n) is 12.1. The molecule has 0 spiro atoms. The molecule has 226 valence electrons. The molecule has 40 heavy (non-hydrogen) atoms. The normalized spacial score (nSPS) is 20.9. The maximum Gasteiger partial charge on any atom is 0.326 e. The second kappa shape index (κ2) is 14.4. The van der Waals surface area contributed by atoms with Crippen LogP contribution in [0.15, 0.2) is 12.1 Å². The molecule has 1 aromatic heterocycles. The number of hydrogen-bond acceptors (Lipinski definition) is 6. The van der Waals surface area contributed by atoms with Crippen molar-refractivity contribution in [3.05, 3.63) is 17.8 Å². The molecular weight excluding hydrogens is 518 g/mol. The van der Waals surface area contributed by atoms with Gasteiger partial charge in [0.2, 0.25) is 5.88 Å². The van der Waals surface area contributed by atoms with Gasteiger partial charge in [0.25, 0.3) is 11.8 Å². The number of rotatable bonds is 14. The van der Waals surface area contributed by atoms with Gasteiger partial charge in [0, 0.05) is 5.54 Å². The third kappa shape index (κ3) is 9.01. The van der Waals surface area contributed by atoms with Crippen molar-refractivity contribution in [2.24, 2.45) is 11.7 Å². The van der Waals surface area contributed by atoms with Gasteiger partial charge >= 0.3 is 5.97 Å². The summed E-state index contributed by atoms with van der Waals surface area (Å²) in [5.74, 6) is -3.70. The largest absolute Gasteiger partial charge is 0.480 e. The molecule has 4 rings (SSSR count). The molecule has 1 aromatic rings. The number of aromatic nitrogens is 1. The zero-order chi connectivity index (χ0) is 29.3. The smallest absolute Gasteiger partial charge is 0.326 e. The lowest BCUT2D eigenvalue weighted by Gasteiger charge is -2.40. The second-order valence-corrected chi connectivity index (χ2v) is 12.1. The van der Waals surface area contributed by atoms with Crippen molar-refractivity contribution >= 4 is 17.6 Å². The molecule has 0 aromatic carbocycles. The van der Waals surface area contributed by atoms with Crippen LogP contribution in [-0.4, -0.2) is 70.6 Å². The number of nitrogens with two attached hydrogens (primary N) is 1. The molecule has 0 unspecified atom stereocenters. The summed E-state index contributed by atoms with van der Waals surface area (Å²) in [4.78, 5) is 32.0. The average molecular weight is 567 g/mol. The van der Waals surface area contributed by atoms with Crippen LogP contribution < -0.4 is 15.4 Å². The number of carboxylic acid groups (broad SMARTS) is 1. The predicted octanol–water partition coefficient (Wildman–Crippen LogP) is 5.88. The molecule has 1 saturated carbocycles. The first-order valence-corrected chi connectivity index (χ1v) is 15.0. The van der Waals surface area contributed by atoms with E-state index >= 15 is 0 Å². The quantitative estimate of drug-likeness (QED) is 0.271. The van der Waals surface area contributed by atoms with Crippen molar-refractivity contribution in [3.63, 3.8) is 0 Å². The van der Waals surface area contributed by atoms with Crippen molar-refractivity contribution < 1.29 is 28.2 Å². The molecule has 3 aliphatic rings. The van der Waals surface area contributed by atoms with Crippen LogP contribution in [0, 0.1) is 5.92 Å². The topological polar surface area (TPSA) is 109 Å². The number of nitrogens with zero attached hydrogens (tertiary/aromatic N) is 3. The minimum atomic E-state index is -2.74. The molecule has 0 bridgehead atoms. The SMILES string of the molecule is CC1(C)CC[C@@H](C(=O)O)N1C(=O)c1ccc(N2CC(F)(F)C2)c(OCC2CC2)n1.CCCCCCCCCCN. The van der Waals surface area contributed by atoms with Gasteiger partial charge < -0.3 is 25.4 Å². The summed E-state index contributed by atoms with van der Waals surface area (Å²) in [6.07, 6.45) is 14.0. The number of carbonyl (C=O) groups excluding carboxylic acids is 1. The van der Waals surface area contributed by atoms with Gasteiger partial charge in [-0.1, -0.05) is 51.9 Å². The number of ether oxygens (including phenoxy) is 1.